The maximum atomic E-state index is 13.5. The lowest BCUT2D eigenvalue weighted by Gasteiger charge is -2.32. The highest BCUT2D eigenvalue weighted by atomic mass is 35.5. The average Bonchev–Trinajstić information content (AvgIpc) is 2.78. The number of amides is 2. The van der Waals surface area contributed by atoms with Gasteiger partial charge in [0.05, 0.1) is 34.1 Å². The van der Waals surface area contributed by atoms with E-state index in [1.807, 2.05) is 0 Å². The number of halogens is 3. The first kappa shape index (κ1) is 28.0. The molecule has 0 heterocycles. The number of anilines is 1. The summed E-state index contributed by atoms with van der Waals surface area (Å²) < 4.78 is 31.2. The van der Waals surface area contributed by atoms with E-state index in [1.165, 1.54) is 37.3 Å². The molecule has 0 unspecified atom stereocenters. The first-order chi connectivity index (χ1) is 15.9. The topological polar surface area (TPSA) is 96.0 Å². The van der Waals surface area contributed by atoms with Crippen molar-refractivity contribution < 1.29 is 22.7 Å². The molecule has 0 saturated carbocycles. The monoisotopic (exact) mass is 549 g/mol. The number of carbonyl (C=O) groups excluding carboxylic acids is 2. The molecule has 0 radical (unpaired) electrons. The number of likely N-dealkylation sites (N-methyl/N-ethyl adjacent to an activating group) is 1. The minimum atomic E-state index is -3.88. The summed E-state index contributed by atoms with van der Waals surface area (Å²) in [5.41, 5.74) is 0.813. The van der Waals surface area contributed by atoms with Crippen molar-refractivity contribution in [2.45, 2.75) is 25.9 Å². The number of nitrogens with one attached hydrogen (secondary N) is 1. The van der Waals surface area contributed by atoms with Crippen molar-refractivity contribution in [2.75, 3.05) is 31.3 Å². The summed E-state index contributed by atoms with van der Waals surface area (Å²) in [5.74, 6) is -0.606. The third-order valence-electron chi connectivity index (χ3n) is 5.07. The molecule has 186 valence electrons. The van der Waals surface area contributed by atoms with Gasteiger partial charge in [0.25, 0.3) is 0 Å². The molecular weight excluding hydrogens is 525 g/mol. The number of nitrogens with zero attached hydrogens (tertiary/aromatic N) is 2. The van der Waals surface area contributed by atoms with Crippen LogP contribution in [-0.2, 0) is 26.2 Å². The highest BCUT2D eigenvalue weighted by Crippen LogP contribution is 2.30. The number of rotatable bonds is 10. The zero-order chi connectivity index (χ0) is 25.6. The Morgan fingerprint density at radius 1 is 1.06 bits per heavy atom. The predicted molar refractivity (Wildman–Crippen MR) is 135 cm³/mol. The smallest absolute Gasteiger partial charge is 0.244 e. The molecule has 1 N–H and O–H groups in total. The third kappa shape index (κ3) is 6.91. The van der Waals surface area contributed by atoms with Crippen LogP contribution in [0.2, 0.25) is 15.1 Å². The van der Waals surface area contributed by atoms with Crippen LogP contribution in [0.5, 0.6) is 5.75 Å². The van der Waals surface area contributed by atoms with E-state index in [2.05, 4.69) is 5.32 Å². The van der Waals surface area contributed by atoms with Gasteiger partial charge >= 0.3 is 0 Å². The largest absolute Gasteiger partial charge is 0.495 e. The van der Waals surface area contributed by atoms with E-state index in [0.717, 1.165) is 10.6 Å². The van der Waals surface area contributed by atoms with E-state index in [4.69, 9.17) is 39.5 Å². The molecule has 0 fully saturated rings. The Morgan fingerprint density at radius 3 is 2.24 bits per heavy atom. The van der Waals surface area contributed by atoms with Crippen LogP contribution in [0, 0.1) is 0 Å². The fraction of sp³-hybridized carbons (Fsp3) is 0.364. The predicted octanol–water partition coefficient (Wildman–Crippen LogP) is 3.97. The number of sulfonamides is 1. The fourth-order valence-electron chi connectivity index (χ4n) is 3.34. The van der Waals surface area contributed by atoms with Crippen molar-refractivity contribution in [3.8, 4) is 5.75 Å². The number of hydrogen-bond donors (Lipinski definition) is 1. The van der Waals surface area contributed by atoms with Gasteiger partial charge in [0.15, 0.2) is 0 Å². The second-order valence-electron chi connectivity index (χ2n) is 7.40. The van der Waals surface area contributed by atoms with Crippen molar-refractivity contribution in [2.24, 2.45) is 0 Å². The third-order valence-corrected chi connectivity index (χ3v) is 7.25. The number of ether oxygens (including phenoxy) is 1. The Balaban J connectivity index is 2.47. The van der Waals surface area contributed by atoms with Crippen LogP contribution in [-0.4, -0.2) is 58.1 Å². The van der Waals surface area contributed by atoms with Gasteiger partial charge in [-0.3, -0.25) is 13.9 Å². The molecular formula is C22H26Cl3N3O5S. The Hall–Kier alpha value is -2.20. The molecule has 2 aromatic rings. The van der Waals surface area contributed by atoms with Crippen molar-refractivity contribution >= 4 is 62.3 Å². The Morgan fingerprint density at radius 2 is 1.74 bits per heavy atom. The highest BCUT2D eigenvalue weighted by Gasteiger charge is 2.31. The SMILES string of the molecule is CC[C@H](C(=O)NC)N(Cc1ccc(Cl)c(Cl)c1)C(=O)CN(c1ccc(OC)c(Cl)c1)S(C)(=O)=O. The van der Waals surface area contributed by atoms with Crippen LogP contribution in [0.25, 0.3) is 0 Å². The first-order valence-electron chi connectivity index (χ1n) is 10.2. The summed E-state index contributed by atoms with van der Waals surface area (Å²) in [4.78, 5) is 27.4. The molecule has 0 aliphatic carbocycles. The first-order valence-corrected chi connectivity index (χ1v) is 13.2. The summed E-state index contributed by atoms with van der Waals surface area (Å²) in [6, 6.07) is 8.42. The van der Waals surface area contributed by atoms with Gasteiger partial charge in [0, 0.05) is 13.6 Å². The molecule has 0 aromatic heterocycles. The Kier molecular flexibility index (Phi) is 9.87. The minimum Gasteiger partial charge on any atom is -0.495 e. The van der Waals surface area contributed by atoms with Crippen molar-refractivity contribution in [3.05, 3.63) is 57.0 Å². The Labute approximate surface area is 214 Å². The summed E-state index contributed by atoms with van der Waals surface area (Å²) in [6.45, 7) is 1.23. The lowest BCUT2D eigenvalue weighted by Crippen LogP contribution is -2.51. The summed E-state index contributed by atoms with van der Waals surface area (Å²) >= 11 is 18.3. The standard InChI is InChI=1S/C22H26Cl3N3O5S/c1-5-19(22(30)26-2)27(12-14-6-8-16(23)17(24)10-14)21(29)13-28(34(4,31)32)15-7-9-20(33-3)18(25)11-15/h6-11,19H,5,12-13H2,1-4H3,(H,26,30)/t19-/m1/s1. The molecule has 0 saturated heterocycles. The van der Waals surface area contributed by atoms with E-state index >= 15 is 0 Å². The molecule has 2 aromatic carbocycles. The van der Waals surface area contributed by atoms with Crippen LogP contribution >= 0.6 is 34.8 Å². The summed E-state index contributed by atoms with van der Waals surface area (Å²) in [7, 11) is -0.978. The average molecular weight is 551 g/mol. The van der Waals surface area contributed by atoms with E-state index in [0.29, 0.717) is 27.8 Å². The fourth-order valence-corrected chi connectivity index (χ4v) is 4.76. The van der Waals surface area contributed by atoms with Gasteiger partial charge in [-0.1, -0.05) is 47.8 Å². The van der Waals surface area contributed by atoms with E-state index < -0.39 is 28.5 Å². The quantitative estimate of drug-likeness (QED) is 0.483. The second kappa shape index (κ2) is 12.0. The molecule has 0 aliphatic heterocycles. The highest BCUT2D eigenvalue weighted by molar-refractivity contribution is 7.92. The molecule has 2 rings (SSSR count). The van der Waals surface area contributed by atoms with Gasteiger partial charge in [0.1, 0.15) is 18.3 Å². The van der Waals surface area contributed by atoms with Gasteiger partial charge < -0.3 is 15.0 Å². The molecule has 2 amide bonds. The lowest BCUT2D eigenvalue weighted by atomic mass is 10.1. The van der Waals surface area contributed by atoms with Gasteiger partial charge in [-0.15, -0.1) is 0 Å². The number of carbonyl (C=O) groups is 2. The van der Waals surface area contributed by atoms with Crippen LogP contribution < -0.4 is 14.4 Å². The maximum Gasteiger partial charge on any atom is 0.244 e. The summed E-state index contributed by atoms with van der Waals surface area (Å²) in [5, 5.41) is 3.38. The number of methoxy groups -OCH3 is 1. The van der Waals surface area contributed by atoms with Crippen molar-refractivity contribution in [3.63, 3.8) is 0 Å². The molecule has 8 nitrogen and oxygen atoms in total. The Bertz CT molecular complexity index is 1160. The minimum absolute atomic E-state index is 0.0165. The molecule has 0 spiro atoms. The number of hydrogen-bond acceptors (Lipinski definition) is 5. The van der Waals surface area contributed by atoms with Crippen molar-refractivity contribution in [1.82, 2.24) is 10.2 Å². The van der Waals surface area contributed by atoms with Crippen molar-refractivity contribution in [1.29, 1.82) is 0 Å². The molecule has 34 heavy (non-hydrogen) atoms. The van der Waals surface area contributed by atoms with E-state index in [1.54, 1.807) is 25.1 Å². The van der Waals surface area contributed by atoms with Crippen LogP contribution in [0.3, 0.4) is 0 Å². The zero-order valence-corrected chi connectivity index (χ0v) is 22.2. The maximum absolute atomic E-state index is 13.5. The van der Waals surface area contributed by atoms with Crippen LogP contribution in [0.4, 0.5) is 5.69 Å². The van der Waals surface area contributed by atoms with Gasteiger partial charge in [-0.2, -0.15) is 0 Å². The molecule has 0 aliphatic rings. The normalized spacial score (nSPS) is 12.1. The zero-order valence-electron chi connectivity index (χ0n) is 19.1. The summed E-state index contributed by atoms with van der Waals surface area (Å²) in [6.07, 6.45) is 1.29. The number of benzene rings is 2. The van der Waals surface area contributed by atoms with E-state index in [9.17, 15) is 18.0 Å². The molecule has 12 heteroatoms. The van der Waals surface area contributed by atoms with Crippen LogP contribution in [0.1, 0.15) is 18.9 Å². The lowest BCUT2D eigenvalue weighted by molar-refractivity contribution is -0.140. The second-order valence-corrected chi connectivity index (χ2v) is 10.5. The van der Waals surface area contributed by atoms with Gasteiger partial charge in [-0.05, 0) is 42.3 Å². The molecule has 0 bridgehead atoms. The van der Waals surface area contributed by atoms with E-state index in [-0.39, 0.29) is 23.2 Å². The van der Waals surface area contributed by atoms with Crippen LogP contribution in [0.15, 0.2) is 36.4 Å². The van der Waals surface area contributed by atoms with Gasteiger partial charge in [-0.25, -0.2) is 8.42 Å². The molecule has 1 atom stereocenters. The van der Waals surface area contributed by atoms with Gasteiger partial charge in [0.2, 0.25) is 21.8 Å².